The average Bonchev–Trinajstić information content (AvgIpc) is 1.31. The Kier molecular flexibility index (Phi) is 22.4. The molecule has 0 radical (unpaired) electrons. The molecule has 0 aromatic heterocycles. The Balaban J connectivity index is 1.07. The van der Waals surface area contributed by atoms with Gasteiger partial charge in [-0.3, -0.25) is 19.3 Å². The van der Waals surface area contributed by atoms with Crippen LogP contribution in [0.2, 0.25) is 0 Å². The van der Waals surface area contributed by atoms with E-state index in [9.17, 15) is 49.8 Å². The molecule has 0 bridgehead atoms. The van der Waals surface area contributed by atoms with Crippen LogP contribution >= 0.6 is 0 Å². The second-order valence-electron chi connectivity index (χ2n) is 28.8. The van der Waals surface area contributed by atoms with Crippen molar-refractivity contribution in [2.45, 2.75) is 269 Å². The SMILES string of the molecule is CC[C@H]1OC(=O)[C@H](C)[C@@H](O[C@H]2C[C@@](C)(OC)[C@@H](O)[C@H](C)O2)[C@H](C)[C@@H](O[C@@H]2O[C@H](C)C[C@H](N(C)CC)[C@H]2O)[C@](C)(O)C[C@@H](C)CN(C)[C@H](C)C(OC(=O)NCCCCNC(=O)[C@@]2(O)[C@H](C)CC3C4CC(F)=C5CC(=O)C=C[C@]5(C)[C@@]4(F)[C@@H](O)C[C@@]32C)[C@]1(C)O. The van der Waals surface area contributed by atoms with Crippen LogP contribution in [0, 0.1) is 46.3 Å². The molecule has 7 rings (SSSR count). The van der Waals surface area contributed by atoms with Crippen LogP contribution in [0.4, 0.5) is 13.6 Å². The lowest BCUT2D eigenvalue weighted by molar-refractivity contribution is -0.318. The second kappa shape index (κ2) is 27.3. The molecule has 3 saturated heterocycles. The zero-order chi connectivity index (χ0) is 65.8. The summed E-state index contributed by atoms with van der Waals surface area (Å²) in [6.45, 7) is 25.2. The number of allylic oxidation sites excluding steroid dienone is 4. The molecule has 7 aliphatic rings. The van der Waals surface area contributed by atoms with E-state index in [1.54, 1.807) is 69.4 Å². The van der Waals surface area contributed by atoms with E-state index in [4.69, 9.17) is 33.2 Å². The first kappa shape index (κ1) is 72.1. The van der Waals surface area contributed by atoms with Crippen LogP contribution in [-0.4, -0.2) is 219 Å². The Morgan fingerprint density at radius 3 is 2.15 bits per heavy atom. The summed E-state index contributed by atoms with van der Waals surface area (Å²) < 4.78 is 78.3. The van der Waals surface area contributed by atoms with Gasteiger partial charge in [-0.05, 0) is 150 Å². The second-order valence-corrected chi connectivity index (χ2v) is 28.8. The first-order chi connectivity index (χ1) is 40.8. The smallest absolute Gasteiger partial charge is 0.407 e. The molecule has 5 fully saturated rings. The van der Waals surface area contributed by atoms with E-state index >= 15 is 8.78 Å². The van der Waals surface area contributed by atoms with Crippen molar-refractivity contribution in [2.24, 2.45) is 46.3 Å². The van der Waals surface area contributed by atoms with Gasteiger partial charge in [0.05, 0.1) is 47.6 Å². The third kappa shape index (κ3) is 13.3. The van der Waals surface area contributed by atoms with Crippen molar-refractivity contribution in [1.82, 2.24) is 20.4 Å². The van der Waals surface area contributed by atoms with Crippen LogP contribution < -0.4 is 10.6 Å². The number of esters is 1. The number of ketones is 1. The Hall–Kier alpha value is -3.30. The molecule has 0 aromatic carbocycles. The molecule has 21 nitrogen and oxygen atoms in total. The number of alkyl halides is 1. The predicted molar refractivity (Wildman–Crippen MR) is 321 cm³/mol. The first-order valence-corrected chi connectivity index (χ1v) is 32.4. The number of unbranched alkanes of at least 4 members (excludes halogenated alkanes) is 1. The van der Waals surface area contributed by atoms with Gasteiger partial charge < -0.3 is 79.3 Å². The van der Waals surface area contributed by atoms with Gasteiger partial charge in [0.15, 0.2) is 35.7 Å². The molecule has 23 heteroatoms. The third-order valence-electron chi connectivity index (χ3n) is 22.5. The summed E-state index contributed by atoms with van der Waals surface area (Å²) in [6.07, 6.45) is -9.69. The Labute approximate surface area is 520 Å². The minimum atomic E-state index is -2.35. The topological polar surface area (TPSA) is 285 Å². The molecule has 3 unspecified atom stereocenters. The van der Waals surface area contributed by atoms with Crippen molar-refractivity contribution in [3.05, 3.63) is 23.6 Å². The number of rotatable bonds is 15. The van der Waals surface area contributed by atoms with Gasteiger partial charge in [-0.15, -0.1) is 0 Å². The molecule has 2 amide bonds. The first-order valence-electron chi connectivity index (χ1n) is 32.4. The van der Waals surface area contributed by atoms with Gasteiger partial charge in [0.25, 0.3) is 5.91 Å². The minimum Gasteiger partial charge on any atom is -0.459 e. The standard InChI is InChI=1S/C65H108F2N4O17/c1-18-48-63(14,80)54(88-58(78)69-25-21-20-24-68-57(77)65(81)35(4)26-42-43-29-45(66)44-28-41(72)22-23-59(44,10)64(43,67)47(73)31-60(42,65)11)39(8)71(16)33-34(3)30-61(12,79)53(87-56-50(74)46(70(15)19-2)27-36(5)83-56)37(6)51(38(7)55(76)85-48)86-49-32-62(13,82-17)52(75)40(9)84-49/h22-23,34-40,42-43,46-54,56,73-75,79-81H,18-21,24-33H2,1-17H3,(H,68,77)(H,69,78)/t34-,35-,36-,37+,38-,39-,40+,42?,43?,46+,47+,48-,49+,50-,51+,52+,53-,54?,56+,59+,60+,61-,62-,63-,64+,65+/m1/s1. The number of fused-ring (bicyclic) bond motifs is 5. The Bertz CT molecular complexity index is 2550. The number of alkyl carbamates (subject to hydrolysis) is 1. The van der Waals surface area contributed by atoms with E-state index in [0.29, 0.717) is 32.4 Å². The van der Waals surface area contributed by atoms with Crippen molar-refractivity contribution in [2.75, 3.05) is 47.4 Å². The number of hydrogen-bond acceptors (Lipinski definition) is 19. The lowest BCUT2D eigenvalue weighted by Gasteiger charge is -2.62. The van der Waals surface area contributed by atoms with Gasteiger partial charge in [-0.1, -0.05) is 47.6 Å². The molecule has 0 aromatic rings. The molecule has 88 heavy (non-hydrogen) atoms. The lowest BCUT2D eigenvalue weighted by Crippen LogP contribution is -2.70. The van der Waals surface area contributed by atoms with Gasteiger partial charge >= 0.3 is 12.1 Å². The molecule has 8 N–H and O–H groups in total. The maximum Gasteiger partial charge on any atom is 0.407 e. The summed E-state index contributed by atoms with van der Waals surface area (Å²) in [7, 11) is 5.19. The lowest BCUT2D eigenvalue weighted by atomic mass is 9.45. The Morgan fingerprint density at radius 1 is 0.875 bits per heavy atom. The number of aliphatic hydroxyl groups is 6. The number of methoxy groups -OCH3 is 1. The number of nitrogens with one attached hydrogen (secondary N) is 2. The van der Waals surface area contributed by atoms with Gasteiger partial charge in [0, 0.05) is 80.8 Å². The highest BCUT2D eigenvalue weighted by Crippen LogP contribution is 2.71. The number of cyclic esters (lactones) is 1. The maximum atomic E-state index is 17.8. The third-order valence-corrected chi connectivity index (χ3v) is 22.5. The van der Waals surface area contributed by atoms with E-state index in [0.717, 1.165) is 0 Å². The monoisotopic (exact) mass is 1250 g/mol. The summed E-state index contributed by atoms with van der Waals surface area (Å²) in [6, 6.07) is -1.08. The zero-order valence-corrected chi connectivity index (χ0v) is 55.3. The molecule has 4 aliphatic carbocycles. The fraction of sp³-hybridized carbons (Fsp3) is 0.877. The fourth-order valence-electron chi connectivity index (χ4n) is 17.0. The normalized spacial score (nSPS) is 47.3. The van der Waals surface area contributed by atoms with E-state index in [1.165, 1.54) is 33.1 Å². The summed E-state index contributed by atoms with van der Waals surface area (Å²) in [5, 5.41) is 78.6. The van der Waals surface area contributed by atoms with Crippen molar-refractivity contribution in [1.29, 1.82) is 0 Å². The van der Waals surface area contributed by atoms with E-state index in [2.05, 4.69) is 10.6 Å². The number of amides is 2. The van der Waals surface area contributed by atoms with E-state index in [-0.39, 0.29) is 87.5 Å². The van der Waals surface area contributed by atoms with Crippen molar-refractivity contribution >= 4 is 23.8 Å². The maximum absolute atomic E-state index is 17.8. The molecule has 0 spiro atoms. The van der Waals surface area contributed by atoms with Crippen molar-refractivity contribution in [3.8, 4) is 0 Å². The van der Waals surface area contributed by atoms with Crippen LogP contribution in [0.1, 0.15) is 161 Å². The highest BCUT2D eigenvalue weighted by Gasteiger charge is 2.76. The molecule has 504 valence electrons. The van der Waals surface area contributed by atoms with E-state index < -0.39 is 160 Å². The summed E-state index contributed by atoms with van der Waals surface area (Å²) in [5.74, 6) is -7.24. The van der Waals surface area contributed by atoms with Crippen LogP contribution in [0.3, 0.4) is 0 Å². The number of nitrogens with zero attached hydrogens (tertiary/aromatic N) is 2. The molecule has 3 aliphatic heterocycles. The minimum absolute atomic E-state index is 0.0314. The van der Waals surface area contributed by atoms with Gasteiger partial charge in [0.2, 0.25) is 0 Å². The summed E-state index contributed by atoms with van der Waals surface area (Å²) >= 11 is 0. The number of carbonyl (C=O) groups excluding carboxylic acids is 4. The van der Waals surface area contributed by atoms with Gasteiger partial charge in [-0.2, -0.15) is 0 Å². The number of likely N-dealkylation sites (N-methyl/N-ethyl adjacent to an activating group) is 2. The fourth-order valence-corrected chi connectivity index (χ4v) is 17.0. The van der Waals surface area contributed by atoms with Gasteiger partial charge in [-0.25, -0.2) is 13.6 Å². The quantitative estimate of drug-likeness (QED) is 0.0735. The Morgan fingerprint density at radius 2 is 1.52 bits per heavy atom. The number of aliphatic hydroxyl groups excluding tert-OH is 3. The summed E-state index contributed by atoms with van der Waals surface area (Å²) in [5.41, 5.74) is -12.2. The van der Waals surface area contributed by atoms with Crippen LogP contribution in [0.25, 0.3) is 0 Å². The van der Waals surface area contributed by atoms with Crippen molar-refractivity contribution < 1.29 is 91.8 Å². The number of hydrogen-bond donors (Lipinski definition) is 8. The number of halogens is 2. The van der Waals surface area contributed by atoms with Crippen LogP contribution in [-0.2, 0) is 47.5 Å². The molecule has 2 saturated carbocycles. The molecule has 3 heterocycles. The molecular formula is C65H108F2N4O17. The van der Waals surface area contributed by atoms with Crippen LogP contribution in [0.5, 0.6) is 0 Å². The largest absolute Gasteiger partial charge is 0.459 e. The molecule has 26 atom stereocenters. The highest BCUT2D eigenvalue weighted by atomic mass is 19.1. The summed E-state index contributed by atoms with van der Waals surface area (Å²) in [4.78, 5) is 59.4. The zero-order valence-electron chi connectivity index (χ0n) is 55.3. The number of carbonyl (C=O) groups is 4. The van der Waals surface area contributed by atoms with E-state index in [1.807, 2.05) is 37.6 Å². The van der Waals surface area contributed by atoms with Crippen molar-refractivity contribution in [3.63, 3.8) is 0 Å². The van der Waals surface area contributed by atoms with Gasteiger partial charge in [0.1, 0.15) is 29.7 Å². The highest BCUT2D eigenvalue weighted by molar-refractivity contribution is 5.94. The average molecular weight is 1260 g/mol. The molecular weight excluding hydrogens is 1150 g/mol. The van der Waals surface area contributed by atoms with Crippen LogP contribution in [0.15, 0.2) is 23.6 Å². The number of ether oxygens (including phenoxy) is 7. The predicted octanol–water partition coefficient (Wildman–Crippen LogP) is 5.57.